The van der Waals surface area contributed by atoms with E-state index in [2.05, 4.69) is 62.8 Å². The second-order valence-electron chi connectivity index (χ2n) is 6.05. The summed E-state index contributed by atoms with van der Waals surface area (Å²) in [5.74, 6) is 1.31. The van der Waals surface area contributed by atoms with Crippen molar-refractivity contribution in [2.75, 3.05) is 5.73 Å². The number of aryl methyl sites for hydroxylation is 2. The minimum absolute atomic E-state index is 0.103. The lowest BCUT2D eigenvalue weighted by Gasteiger charge is -2.17. The van der Waals surface area contributed by atoms with E-state index < -0.39 is 0 Å². The van der Waals surface area contributed by atoms with E-state index in [1.54, 1.807) is 11.8 Å². The van der Waals surface area contributed by atoms with E-state index in [4.69, 9.17) is 5.73 Å². The first-order chi connectivity index (χ1) is 9.25. The number of aromatic nitrogens is 2. The lowest BCUT2D eigenvalue weighted by Crippen LogP contribution is -2.17. The maximum absolute atomic E-state index is 5.90. The highest BCUT2D eigenvalue weighted by Crippen LogP contribution is 2.30. The summed E-state index contributed by atoms with van der Waals surface area (Å²) in [5.41, 5.74) is 8.38. The van der Waals surface area contributed by atoms with Gasteiger partial charge >= 0.3 is 0 Å². The fraction of sp³-hybridized carbons (Fsp3) is 0.375. The normalized spacial score (nSPS) is 11.7. The van der Waals surface area contributed by atoms with Gasteiger partial charge in [-0.05, 0) is 37.1 Å². The molecule has 0 radical (unpaired) electrons. The van der Waals surface area contributed by atoms with Crippen LogP contribution in [0.1, 0.15) is 37.7 Å². The Labute approximate surface area is 125 Å². The van der Waals surface area contributed by atoms with Gasteiger partial charge in [0.1, 0.15) is 16.7 Å². The summed E-state index contributed by atoms with van der Waals surface area (Å²) < 4.78 is 0. The Morgan fingerprint density at radius 2 is 1.70 bits per heavy atom. The molecule has 3 nitrogen and oxygen atoms in total. The molecular weight excluding hydrogens is 266 g/mol. The Bertz CT molecular complexity index is 630. The van der Waals surface area contributed by atoms with E-state index in [9.17, 15) is 0 Å². The first kappa shape index (κ1) is 14.9. The highest BCUT2D eigenvalue weighted by atomic mass is 32.2. The van der Waals surface area contributed by atoms with E-state index in [0.717, 1.165) is 10.9 Å². The van der Waals surface area contributed by atoms with Gasteiger partial charge in [-0.2, -0.15) is 0 Å². The van der Waals surface area contributed by atoms with Crippen molar-refractivity contribution in [3.05, 3.63) is 41.2 Å². The van der Waals surface area contributed by atoms with Gasteiger partial charge in [-0.1, -0.05) is 38.6 Å². The third kappa shape index (κ3) is 3.51. The van der Waals surface area contributed by atoms with E-state index >= 15 is 0 Å². The molecule has 0 amide bonds. The summed E-state index contributed by atoms with van der Waals surface area (Å²) >= 11 is 1.62. The second kappa shape index (κ2) is 5.44. The first-order valence-corrected chi connectivity index (χ1v) is 7.47. The van der Waals surface area contributed by atoms with Gasteiger partial charge < -0.3 is 5.73 Å². The summed E-state index contributed by atoms with van der Waals surface area (Å²) in [6.45, 7) is 10.5. The Hall–Kier alpha value is -1.55. The van der Waals surface area contributed by atoms with E-state index in [1.165, 1.54) is 16.0 Å². The van der Waals surface area contributed by atoms with Crippen LogP contribution in [0.5, 0.6) is 0 Å². The van der Waals surface area contributed by atoms with E-state index in [0.29, 0.717) is 5.82 Å². The largest absolute Gasteiger partial charge is 0.384 e. The molecule has 2 aromatic rings. The van der Waals surface area contributed by atoms with Crippen molar-refractivity contribution in [2.45, 2.75) is 50.0 Å². The van der Waals surface area contributed by atoms with Gasteiger partial charge in [0.05, 0.1) is 0 Å². The van der Waals surface area contributed by atoms with Crippen LogP contribution in [0.3, 0.4) is 0 Å². The lowest BCUT2D eigenvalue weighted by molar-refractivity contribution is 0.540. The van der Waals surface area contributed by atoms with Crippen molar-refractivity contribution in [1.29, 1.82) is 0 Å². The Kier molecular flexibility index (Phi) is 4.04. The molecule has 0 bridgehead atoms. The average molecular weight is 287 g/mol. The van der Waals surface area contributed by atoms with Crippen molar-refractivity contribution < 1.29 is 0 Å². The molecule has 0 saturated carbocycles. The summed E-state index contributed by atoms with van der Waals surface area (Å²) in [5, 5.41) is 0.894. The number of anilines is 1. The number of rotatable bonds is 2. The smallest absolute Gasteiger partial charge is 0.137 e. The summed E-state index contributed by atoms with van der Waals surface area (Å²) in [6, 6.07) is 8.25. The molecule has 20 heavy (non-hydrogen) atoms. The molecule has 106 valence electrons. The number of hydrogen-bond acceptors (Lipinski definition) is 4. The maximum Gasteiger partial charge on any atom is 0.137 e. The van der Waals surface area contributed by atoms with E-state index in [1.807, 2.05) is 6.07 Å². The predicted molar refractivity (Wildman–Crippen MR) is 85.2 cm³/mol. The van der Waals surface area contributed by atoms with E-state index in [-0.39, 0.29) is 5.41 Å². The maximum atomic E-state index is 5.90. The Balaban J connectivity index is 2.33. The average Bonchev–Trinajstić information content (AvgIpc) is 2.32. The van der Waals surface area contributed by atoms with Gasteiger partial charge in [0.25, 0.3) is 0 Å². The molecule has 0 fully saturated rings. The van der Waals surface area contributed by atoms with Crippen molar-refractivity contribution in [2.24, 2.45) is 0 Å². The standard InChI is InChI=1S/C16H21N3S/c1-10-6-7-12(8-11(10)2)20-14-9-13(17)18-15(19-14)16(3,4)5/h6-9H,1-5H3,(H2,17,18,19). The van der Waals surface area contributed by atoms with Crippen LogP contribution < -0.4 is 5.73 Å². The number of benzene rings is 1. The van der Waals surface area contributed by atoms with Gasteiger partial charge in [-0.25, -0.2) is 9.97 Å². The quantitative estimate of drug-likeness (QED) is 0.844. The SMILES string of the molecule is Cc1ccc(Sc2cc(N)nc(C(C)(C)C)n2)cc1C. The van der Waals surface area contributed by atoms with Crippen molar-refractivity contribution in [1.82, 2.24) is 9.97 Å². The zero-order valence-corrected chi connectivity index (χ0v) is 13.5. The first-order valence-electron chi connectivity index (χ1n) is 6.66. The third-order valence-corrected chi connectivity index (χ3v) is 4.00. The highest BCUT2D eigenvalue weighted by Gasteiger charge is 2.18. The molecule has 1 heterocycles. The van der Waals surface area contributed by atoms with Crippen molar-refractivity contribution >= 4 is 17.6 Å². The van der Waals surface area contributed by atoms with Gasteiger partial charge in [0.15, 0.2) is 0 Å². The van der Waals surface area contributed by atoms with Gasteiger partial charge in [-0.15, -0.1) is 0 Å². The minimum Gasteiger partial charge on any atom is -0.384 e. The van der Waals surface area contributed by atoms with Crippen LogP contribution in [0.4, 0.5) is 5.82 Å². The van der Waals surface area contributed by atoms with Crippen LogP contribution in [-0.2, 0) is 5.41 Å². The van der Waals surface area contributed by atoms with Crippen LogP contribution in [-0.4, -0.2) is 9.97 Å². The molecule has 1 aromatic carbocycles. The monoisotopic (exact) mass is 287 g/mol. The molecular formula is C16H21N3S. The fourth-order valence-corrected chi connectivity index (χ4v) is 2.65. The molecule has 0 atom stereocenters. The minimum atomic E-state index is -0.103. The van der Waals surface area contributed by atoms with Crippen LogP contribution >= 0.6 is 11.8 Å². The fourth-order valence-electron chi connectivity index (χ4n) is 1.73. The zero-order chi connectivity index (χ0) is 14.9. The van der Waals surface area contributed by atoms with Gasteiger partial charge in [0, 0.05) is 16.4 Å². The van der Waals surface area contributed by atoms with Gasteiger partial charge in [0.2, 0.25) is 0 Å². The Morgan fingerprint density at radius 1 is 1.00 bits per heavy atom. The third-order valence-electron chi connectivity index (χ3n) is 3.09. The highest BCUT2D eigenvalue weighted by molar-refractivity contribution is 7.99. The number of nitrogen functional groups attached to an aromatic ring is 1. The van der Waals surface area contributed by atoms with Crippen LogP contribution in [0.15, 0.2) is 34.2 Å². The summed E-state index contributed by atoms with van der Waals surface area (Å²) in [7, 11) is 0. The molecule has 1 aromatic heterocycles. The zero-order valence-electron chi connectivity index (χ0n) is 12.7. The lowest BCUT2D eigenvalue weighted by atomic mass is 9.96. The molecule has 0 saturated heterocycles. The number of nitrogens with zero attached hydrogens (tertiary/aromatic N) is 2. The molecule has 0 spiro atoms. The summed E-state index contributed by atoms with van der Waals surface area (Å²) in [4.78, 5) is 10.1. The van der Waals surface area contributed by atoms with Crippen LogP contribution in [0.25, 0.3) is 0 Å². The predicted octanol–water partition coefficient (Wildman–Crippen LogP) is 4.12. The number of nitrogens with two attached hydrogens (primary N) is 1. The van der Waals surface area contributed by atoms with Gasteiger partial charge in [-0.3, -0.25) is 0 Å². The molecule has 0 unspecified atom stereocenters. The van der Waals surface area contributed by atoms with Crippen LogP contribution in [0.2, 0.25) is 0 Å². The molecule has 4 heteroatoms. The topological polar surface area (TPSA) is 51.8 Å². The molecule has 2 rings (SSSR count). The Morgan fingerprint density at radius 3 is 2.30 bits per heavy atom. The second-order valence-corrected chi connectivity index (χ2v) is 7.15. The number of hydrogen-bond donors (Lipinski definition) is 1. The molecule has 0 aliphatic carbocycles. The van der Waals surface area contributed by atoms with Crippen molar-refractivity contribution in [3.8, 4) is 0 Å². The summed E-state index contributed by atoms with van der Waals surface area (Å²) in [6.07, 6.45) is 0. The molecule has 0 aliphatic heterocycles. The van der Waals surface area contributed by atoms with Crippen LogP contribution in [0, 0.1) is 13.8 Å². The molecule has 0 aliphatic rings. The molecule has 2 N–H and O–H groups in total. The van der Waals surface area contributed by atoms with Crippen molar-refractivity contribution in [3.63, 3.8) is 0 Å².